The normalized spacial score (nSPS) is 22.9. The van der Waals surface area contributed by atoms with Crippen molar-refractivity contribution in [2.75, 3.05) is 0 Å². The average Bonchev–Trinajstić information content (AvgIpc) is 3.06. The van der Waals surface area contributed by atoms with E-state index in [9.17, 15) is 9.59 Å². The van der Waals surface area contributed by atoms with Crippen LogP contribution < -0.4 is 14.8 Å². The van der Waals surface area contributed by atoms with Crippen molar-refractivity contribution >= 4 is 11.7 Å². The summed E-state index contributed by atoms with van der Waals surface area (Å²) in [4.78, 5) is 25.5. The molecule has 0 bridgehead atoms. The van der Waals surface area contributed by atoms with Gasteiger partial charge in [0.2, 0.25) is 6.29 Å². The number of benzene rings is 2. The summed E-state index contributed by atoms with van der Waals surface area (Å²) in [5, 5.41) is 3.11. The molecule has 0 radical (unpaired) electrons. The van der Waals surface area contributed by atoms with Crippen molar-refractivity contribution < 1.29 is 19.1 Å². The van der Waals surface area contributed by atoms with Crippen LogP contribution in [-0.4, -0.2) is 24.0 Å². The van der Waals surface area contributed by atoms with Gasteiger partial charge in [0.15, 0.2) is 17.3 Å². The molecule has 1 fully saturated rings. The molecular formula is C24H27NO4. The highest BCUT2D eigenvalue weighted by Crippen LogP contribution is 2.35. The monoisotopic (exact) mass is 393 g/mol. The highest BCUT2D eigenvalue weighted by Gasteiger charge is 2.28. The number of aryl methyl sites for hydroxylation is 2. The summed E-state index contributed by atoms with van der Waals surface area (Å²) < 4.78 is 11.0. The quantitative estimate of drug-likeness (QED) is 0.772. The Bertz CT molecular complexity index is 924. The number of hydrogen-bond donors (Lipinski definition) is 1. The molecule has 0 aromatic heterocycles. The van der Waals surface area contributed by atoms with Crippen LogP contribution in [0.3, 0.4) is 0 Å². The average molecular weight is 393 g/mol. The number of carbonyl (C=O) groups is 2. The number of amides is 1. The number of fused-ring (bicyclic) bond motifs is 1. The molecule has 0 saturated heterocycles. The topological polar surface area (TPSA) is 64.6 Å². The largest absolute Gasteiger partial charge is 0.451 e. The molecule has 29 heavy (non-hydrogen) atoms. The molecule has 2 aromatic carbocycles. The summed E-state index contributed by atoms with van der Waals surface area (Å²) in [6.45, 7) is 5.86. The fourth-order valence-corrected chi connectivity index (χ4v) is 4.34. The van der Waals surface area contributed by atoms with Gasteiger partial charge in [0.05, 0.1) is 0 Å². The lowest BCUT2D eigenvalue weighted by Crippen LogP contribution is -2.38. The molecule has 1 heterocycles. The molecule has 152 valence electrons. The van der Waals surface area contributed by atoms with Gasteiger partial charge in [-0.15, -0.1) is 0 Å². The molecule has 1 saturated carbocycles. The Morgan fingerprint density at radius 1 is 0.862 bits per heavy atom. The van der Waals surface area contributed by atoms with E-state index in [1.807, 2.05) is 32.9 Å². The fourth-order valence-electron chi connectivity index (χ4n) is 4.34. The van der Waals surface area contributed by atoms with Crippen molar-refractivity contribution in [1.29, 1.82) is 0 Å². The first-order valence-electron chi connectivity index (χ1n) is 10.3. The van der Waals surface area contributed by atoms with E-state index in [1.165, 1.54) is 0 Å². The van der Waals surface area contributed by atoms with Crippen LogP contribution >= 0.6 is 0 Å². The molecule has 5 nitrogen and oxygen atoms in total. The van der Waals surface area contributed by atoms with E-state index < -0.39 is 0 Å². The van der Waals surface area contributed by atoms with E-state index in [0.29, 0.717) is 17.1 Å². The molecule has 2 aliphatic rings. The van der Waals surface area contributed by atoms with Crippen molar-refractivity contribution in [3.05, 3.63) is 58.7 Å². The molecule has 0 spiro atoms. The van der Waals surface area contributed by atoms with Crippen LogP contribution in [-0.2, 0) is 0 Å². The van der Waals surface area contributed by atoms with E-state index in [4.69, 9.17) is 9.47 Å². The molecule has 1 aliphatic carbocycles. The Balaban J connectivity index is 1.33. The molecule has 2 aromatic rings. The molecule has 1 aliphatic heterocycles. The predicted molar refractivity (Wildman–Crippen MR) is 111 cm³/mol. The molecule has 1 atom stereocenters. The molecule has 1 amide bonds. The van der Waals surface area contributed by atoms with Crippen molar-refractivity contribution in [3.8, 4) is 11.5 Å². The van der Waals surface area contributed by atoms with Crippen LogP contribution in [0, 0.1) is 19.8 Å². The Hall–Kier alpha value is -2.82. The van der Waals surface area contributed by atoms with Crippen LogP contribution in [0.25, 0.3) is 0 Å². The van der Waals surface area contributed by atoms with Gasteiger partial charge in [0, 0.05) is 30.0 Å². The molecule has 4 rings (SSSR count). The van der Waals surface area contributed by atoms with Gasteiger partial charge in [-0.05, 0) is 69.9 Å². The highest BCUT2D eigenvalue weighted by atomic mass is 16.7. The van der Waals surface area contributed by atoms with Crippen molar-refractivity contribution in [2.45, 2.75) is 58.8 Å². The highest BCUT2D eigenvalue weighted by molar-refractivity contribution is 5.98. The number of hydrogen-bond acceptors (Lipinski definition) is 4. The van der Waals surface area contributed by atoms with E-state index >= 15 is 0 Å². The van der Waals surface area contributed by atoms with Gasteiger partial charge in [-0.2, -0.15) is 0 Å². The van der Waals surface area contributed by atoms with E-state index in [0.717, 1.165) is 42.4 Å². The Labute approximate surface area is 171 Å². The van der Waals surface area contributed by atoms with E-state index in [-0.39, 0.29) is 29.9 Å². The zero-order chi connectivity index (χ0) is 20.5. The van der Waals surface area contributed by atoms with Gasteiger partial charge in [-0.1, -0.05) is 17.2 Å². The van der Waals surface area contributed by atoms with Gasteiger partial charge < -0.3 is 14.8 Å². The van der Waals surface area contributed by atoms with E-state index in [2.05, 4.69) is 11.4 Å². The lowest BCUT2D eigenvalue weighted by atomic mass is 9.81. The maximum absolute atomic E-state index is 12.9. The van der Waals surface area contributed by atoms with Crippen molar-refractivity contribution in [3.63, 3.8) is 0 Å². The first-order valence-corrected chi connectivity index (χ1v) is 10.3. The summed E-state index contributed by atoms with van der Waals surface area (Å²) >= 11 is 0. The SMILES string of the molecule is Cc1cc(C)cc(C(=O)C2CCC(NC(=O)c3ccc4c(c3)OC(C)O4)CC2)c1. The standard InChI is InChI=1S/C24H27NO4/c1-14-10-15(2)12-19(11-14)23(26)17-4-7-20(8-5-17)25-24(27)18-6-9-21-22(13-18)29-16(3)28-21/h6,9-13,16-17,20H,4-5,7-8H2,1-3H3,(H,25,27). The molecule has 5 heteroatoms. The van der Waals surface area contributed by atoms with Crippen LogP contribution in [0.1, 0.15) is 64.4 Å². The lowest BCUT2D eigenvalue weighted by Gasteiger charge is -2.28. The Kier molecular flexibility index (Phi) is 5.31. The van der Waals surface area contributed by atoms with Gasteiger partial charge >= 0.3 is 0 Å². The summed E-state index contributed by atoms with van der Waals surface area (Å²) in [6, 6.07) is 11.4. The predicted octanol–water partition coefficient (Wildman–Crippen LogP) is 4.59. The van der Waals surface area contributed by atoms with Gasteiger partial charge in [0.25, 0.3) is 5.91 Å². The number of ketones is 1. The van der Waals surface area contributed by atoms with Gasteiger partial charge in [-0.3, -0.25) is 9.59 Å². The minimum atomic E-state index is -0.326. The maximum Gasteiger partial charge on any atom is 0.251 e. The number of Topliss-reactive ketones (excluding diaryl/α,β-unsaturated/α-hetero) is 1. The Morgan fingerprint density at radius 3 is 2.21 bits per heavy atom. The second-order valence-electron chi connectivity index (χ2n) is 8.23. The minimum absolute atomic E-state index is 0.0383. The zero-order valence-electron chi connectivity index (χ0n) is 17.2. The van der Waals surface area contributed by atoms with Crippen LogP contribution in [0.15, 0.2) is 36.4 Å². The summed E-state index contributed by atoms with van der Waals surface area (Å²) in [5.74, 6) is 1.43. The molecule has 1 N–H and O–H groups in total. The van der Waals surface area contributed by atoms with Crippen molar-refractivity contribution in [1.82, 2.24) is 5.32 Å². The second kappa shape index (κ2) is 7.90. The van der Waals surface area contributed by atoms with E-state index in [1.54, 1.807) is 18.2 Å². The fraction of sp³-hybridized carbons (Fsp3) is 0.417. The number of ether oxygens (including phenoxy) is 2. The van der Waals surface area contributed by atoms with Crippen LogP contribution in [0.2, 0.25) is 0 Å². The van der Waals surface area contributed by atoms with Crippen LogP contribution in [0.4, 0.5) is 0 Å². The number of rotatable bonds is 4. The Morgan fingerprint density at radius 2 is 1.52 bits per heavy atom. The van der Waals surface area contributed by atoms with Gasteiger partial charge in [-0.25, -0.2) is 0 Å². The molecule has 1 unspecified atom stereocenters. The molecular weight excluding hydrogens is 366 g/mol. The third-order valence-corrected chi connectivity index (χ3v) is 5.73. The first-order chi connectivity index (χ1) is 13.9. The zero-order valence-corrected chi connectivity index (χ0v) is 17.2. The first kappa shape index (κ1) is 19.5. The van der Waals surface area contributed by atoms with Crippen molar-refractivity contribution in [2.24, 2.45) is 5.92 Å². The third-order valence-electron chi connectivity index (χ3n) is 5.73. The maximum atomic E-state index is 12.9. The number of carbonyl (C=O) groups excluding carboxylic acids is 2. The number of nitrogens with one attached hydrogen (secondary N) is 1. The lowest BCUT2D eigenvalue weighted by molar-refractivity contribution is 0.0677. The summed E-state index contributed by atoms with van der Waals surface area (Å²) in [5.41, 5.74) is 3.61. The minimum Gasteiger partial charge on any atom is -0.451 e. The second-order valence-corrected chi connectivity index (χ2v) is 8.23. The third kappa shape index (κ3) is 4.29. The summed E-state index contributed by atoms with van der Waals surface area (Å²) in [6.07, 6.45) is 2.90. The van der Waals surface area contributed by atoms with Gasteiger partial charge in [0.1, 0.15) is 0 Å². The van der Waals surface area contributed by atoms with Crippen LogP contribution in [0.5, 0.6) is 11.5 Å². The smallest absolute Gasteiger partial charge is 0.251 e. The summed E-state index contributed by atoms with van der Waals surface area (Å²) in [7, 11) is 0.